The number of hydrogen-bond acceptors (Lipinski definition) is 6. The molecule has 0 atom stereocenters. The summed E-state index contributed by atoms with van der Waals surface area (Å²) >= 11 is 2.21. The van der Waals surface area contributed by atoms with Gasteiger partial charge in [0.1, 0.15) is 23.1 Å². The van der Waals surface area contributed by atoms with E-state index in [0.29, 0.717) is 22.8 Å². The summed E-state index contributed by atoms with van der Waals surface area (Å²) in [6.07, 6.45) is 0. The first-order chi connectivity index (χ1) is 13.6. The van der Waals surface area contributed by atoms with Crippen molar-refractivity contribution in [2.75, 3.05) is 13.9 Å². The van der Waals surface area contributed by atoms with E-state index < -0.39 is 0 Å². The van der Waals surface area contributed by atoms with Gasteiger partial charge in [-0.15, -0.1) is 0 Å². The SMILES string of the molecule is COc1ccc(-c2c(I)c(C)nc(Oc3ccc4c(c3)OCO4)c2C#N)cc1. The molecule has 2 aromatic carbocycles. The van der Waals surface area contributed by atoms with Crippen molar-refractivity contribution in [3.05, 3.63) is 57.3 Å². The van der Waals surface area contributed by atoms with E-state index in [1.807, 2.05) is 31.2 Å². The number of nitriles is 1. The summed E-state index contributed by atoms with van der Waals surface area (Å²) in [6, 6.07) is 15.1. The quantitative estimate of drug-likeness (QED) is 0.480. The number of pyridine rings is 1. The van der Waals surface area contributed by atoms with Crippen LogP contribution in [0, 0.1) is 21.8 Å². The van der Waals surface area contributed by atoms with Gasteiger partial charge < -0.3 is 18.9 Å². The number of ether oxygens (including phenoxy) is 4. The van der Waals surface area contributed by atoms with E-state index in [1.54, 1.807) is 25.3 Å². The van der Waals surface area contributed by atoms with Crippen LogP contribution in [0.15, 0.2) is 42.5 Å². The topological polar surface area (TPSA) is 73.6 Å². The lowest BCUT2D eigenvalue weighted by atomic mass is 10.0. The van der Waals surface area contributed by atoms with Gasteiger partial charge in [-0.1, -0.05) is 12.1 Å². The van der Waals surface area contributed by atoms with Crippen LogP contribution in [0.25, 0.3) is 11.1 Å². The van der Waals surface area contributed by atoms with Gasteiger partial charge in [0.25, 0.3) is 0 Å². The maximum atomic E-state index is 9.87. The molecule has 0 N–H and O–H groups in total. The summed E-state index contributed by atoms with van der Waals surface area (Å²) in [5, 5.41) is 9.87. The van der Waals surface area contributed by atoms with Crippen LogP contribution in [0.4, 0.5) is 0 Å². The van der Waals surface area contributed by atoms with Gasteiger partial charge in [-0.3, -0.25) is 0 Å². The maximum absolute atomic E-state index is 9.87. The van der Waals surface area contributed by atoms with Crippen LogP contribution >= 0.6 is 22.6 Å². The lowest BCUT2D eigenvalue weighted by Gasteiger charge is -2.15. The molecule has 0 unspecified atom stereocenters. The summed E-state index contributed by atoms with van der Waals surface area (Å²) in [7, 11) is 1.62. The molecule has 2 heterocycles. The Morgan fingerprint density at radius 2 is 1.79 bits per heavy atom. The fourth-order valence-corrected chi connectivity index (χ4v) is 3.61. The highest BCUT2D eigenvalue weighted by molar-refractivity contribution is 14.1. The Kier molecular flexibility index (Phi) is 4.96. The minimum Gasteiger partial charge on any atom is -0.497 e. The molecule has 1 aliphatic heterocycles. The molecule has 1 aromatic heterocycles. The van der Waals surface area contributed by atoms with Crippen LogP contribution in [0.2, 0.25) is 0 Å². The van der Waals surface area contributed by atoms with E-state index >= 15 is 0 Å². The van der Waals surface area contributed by atoms with Crippen LogP contribution in [0.1, 0.15) is 11.3 Å². The Morgan fingerprint density at radius 1 is 1.07 bits per heavy atom. The Bertz CT molecular complexity index is 1090. The van der Waals surface area contributed by atoms with Gasteiger partial charge in [0.15, 0.2) is 11.5 Å². The van der Waals surface area contributed by atoms with E-state index in [2.05, 4.69) is 33.6 Å². The largest absolute Gasteiger partial charge is 0.497 e. The first kappa shape index (κ1) is 18.4. The molecule has 140 valence electrons. The van der Waals surface area contributed by atoms with E-state index in [-0.39, 0.29) is 12.7 Å². The van der Waals surface area contributed by atoms with Crippen molar-refractivity contribution in [1.82, 2.24) is 4.98 Å². The van der Waals surface area contributed by atoms with Gasteiger partial charge in [0.2, 0.25) is 12.7 Å². The standard InChI is InChI=1S/C21H15IN2O4/c1-12-20(22)19(13-3-5-14(25-2)6-4-13)16(10-23)21(24-12)28-15-7-8-17-18(9-15)27-11-26-17/h3-9H,11H2,1-2H3. The van der Waals surface area contributed by atoms with E-state index in [4.69, 9.17) is 18.9 Å². The Labute approximate surface area is 175 Å². The summed E-state index contributed by atoms with van der Waals surface area (Å²) in [5.41, 5.74) is 2.83. The highest BCUT2D eigenvalue weighted by Gasteiger charge is 2.21. The zero-order valence-corrected chi connectivity index (χ0v) is 17.3. The fourth-order valence-electron chi connectivity index (χ4n) is 2.91. The zero-order valence-electron chi connectivity index (χ0n) is 15.2. The highest BCUT2D eigenvalue weighted by Crippen LogP contribution is 2.40. The summed E-state index contributed by atoms with van der Waals surface area (Å²) in [6.45, 7) is 2.08. The summed E-state index contributed by atoms with van der Waals surface area (Å²) < 4.78 is 22.8. The third-order valence-electron chi connectivity index (χ3n) is 4.32. The van der Waals surface area contributed by atoms with E-state index in [0.717, 1.165) is 26.1 Å². The normalized spacial score (nSPS) is 11.8. The average molecular weight is 486 g/mol. The number of nitrogens with zero attached hydrogens (tertiary/aromatic N) is 2. The molecule has 0 aliphatic carbocycles. The number of hydrogen-bond donors (Lipinski definition) is 0. The average Bonchev–Trinajstić information content (AvgIpc) is 3.18. The van der Waals surface area contributed by atoms with Crippen LogP contribution in [-0.4, -0.2) is 18.9 Å². The molecule has 0 spiro atoms. The van der Waals surface area contributed by atoms with Crippen LogP contribution in [-0.2, 0) is 0 Å². The molecule has 7 heteroatoms. The molecule has 28 heavy (non-hydrogen) atoms. The second-order valence-corrected chi connectivity index (χ2v) is 7.10. The molecular formula is C21H15IN2O4. The highest BCUT2D eigenvalue weighted by atomic mass is 127. The lowest BCUT2D eigenvalue weighted by molar-refractivity contribution is 0.174. The number of methoxy groups -OCH3 is 1. The smallest absolute Gasteiger partial charge is 0.238 e. The van der Waals surface area contributed by atoms with Crippen molar-refractivity contribution >= 4 is 22.6 Å². The number of halogens is 1. The number of rotatable bonds is 4. The molecule has 0 bridgehead atoms. The van der Waals surface area contributed by atoms with Crippen LogP contribution in [0.3, 0.4) is 0 Å². The molecule has 0 radical (unpaired) electrons. The van der Waals surface area contributed by atoms with Gasteiger partial charge in [0.05, 0.1) is 12.8 Å². The zero-order chi connectivity index (χ0) is 19.7. The monoisotopic (exact) mass is 486 g/mol. The Hall–Kier alpha value is -2.99. The second-order valence-electron chi connectivity index (χ2n) is 6.02. The van der Waals surface area contributed by atoms with Gasteiger partial charge in [-0.25, -0.2) is 4.98 Å². The van der Waals surface area contributed by atoms with Gasteiger partial charge in [0, 0.05) is 15.2 Å². The fraction of sp³-hybridized carbons (Fsp3) is 0.143. The molecule has 0 amide bonds. The number of fused-ring (bicyclic) bond motifs is 1. The molecule has 0 saturated heterocycles. The minimum atomic E-state index is 0.185. The van der Waals surface area contributed by atoms with Gasteiger partial charge in [-0.2, -0.15) is 5.26 Å². The van der Waals surface area contributed by atoms with Crippen molar-refractivity contribution in [3.8, 4) is 46.1 Å². The molecular weight excluding hydrogens is 471 g/mol. The van der Waals surface area contributed by atoms with Crippen LogP contribution in [0.5, 0.6) is 28.9 Å². The third-order valence-corrected chi connectivity index (χ3v) is 5.64. The van der Waals surface area contributed by atoms with Gasteiger partial charge >= 0.3 is 0 Å². The van der Waals surface area contributed by atoms with Crippen molar-refractivity contribution in [2.45, 2.75) is 6.92 Å². The third kappa shape index (κ3) is 3.31. The molecule has 0 saturated carbocycles. The Balaban J connectivity index is 1.79. The predicted octanol–water partition coefficient (Wildman–Crippen LogP) is 5.06. The number of aryl methyl sites for hydroxylation is 1. The number of benzene rings is 2. The van der Waals surface area contributed by atoms with E-state index in [1.165, 1.54) is 0 Å². The first-order valence-electron chi connectivity index (χ1n) is 8.43. The van der Waals surface area contributed by atoms with E-state index in [9.17, 15) is 5.26 Å². The van der Waals surface area contributed by atoms with Crippen molar-refractivity contribution < 1.29 is 18.9 Å². The minimum absolute atomic E-state index is 0.185. The van der Waals surface area contributed by atoms with Gasteiger partial charge in [-0.05, 0) is 59.3 Å². The molecule has 1 aliphatic rings. The van der Waals surface area contributed by atoms with Crippen molar-refractivity contribution in [2.24, 2.45) is 0 Å². The molecule has 0 fully saturated rings. The van der Waals surface area contributed by atoms with Crippen molar-refractivity contribution in [1.29, 1.82) is 5.26 Å². The lowest BCUT2D eigenvalue weighted by Crippen LogP contribution is -2.01. The maximum Gasteiger partial charge on any atom is 0.238 e. The molecule has 4 rings (SSSR count). The summed E-state index contributed by atoms with van der Waals surface area (Å²) in [4.78, 5) is 4.50. The summed E-state index contributed by atoms with van der Waals surface area (Å²) in [5.74, 6) is 2.80. The second kappa shape index (κ2) is 7.56. The molecule has 6 nitrogen and oxygen atoms in total. The van der Waals surface area contributed by atoms with Crippen LogP contribution < -0.4 is 18.9 Å². The predicted molar refractivity (Wildman–Crippen MR) is 111 cm³/mol. The van der Waals surface area contributed by atoms with Crippen molar-refractivity contribution in [3.63, 3.8) is 0 Å². The first-order valence-corrected chi connectivity index (χ1v) is 9.50. The Morgan fingerprint density at radius 3 is 2.50 bits per heavy atom. The molecule has 3 aromatic rings. The number of aromatic nitrogens is 1.